The highest BCUT2D eigenvalue weighted by Gasteiger charge is 2.05. The van der Waals surface area contributed by atoms with Crippen LogP contribution in [0.3, 0.4) is 0 Å². The Labute approximate surface area is 43.8 Å². The molecule has 0 spiro atoms. The Kier molecular flexibility index (Phi) is 2.96. The third-order valence-corrected chi connectivity index (χ3v) is 0.946. The van der Waals surface area contributed by atoms with E-state index in [9.17, 15) is 0 Å². The minimum absolute atomic E-state index is 0.236. The highest BCUT2D eigenvalue weighted by molar-refractivity contribution is 4.58. The fourth-order valence-electron chi connectivity index (χ4n) is 0.211. The average molecular weight is 103 g/mol. The van der Waals surface area contributed by atoms with Gasteiger partial charge in [0, 0.05) is 5.92 Å². The standard InChI is InChI=1S/C5H11O2/c1-3-4(2)5(6)7/h4-7H,2-3H2,1H3. The Hall–Kier alpha value is -0.0800. The Morgan fingerprint density at radius 3 is 2.00 bits per heavy atom. The first-order valence-electron chi connectivity index (χ1n) is 2.37. The molecular formula is C5H11O2. The SMILES string of the molecule is [CH2]C(CC)C(O)O. The minimum Gasteiger partial charge on any atom is -0.368 e. The van der Waals surface area contributed by atoms with E-state index >= 15 is 0 Å². The van der Waals surface area contributed by atoms with Gasteiger partial charge in [0.1, 0.15) is 0 Å². The second kappa shape index (κ2) is 2.99. The van der Waals surface area contributed by atoms with E-state index in [0.717, 1.165) is 0 Å². The zero-order valence-corrected chi connectivity index (χ0v) is 4.46. The van der Waals surface area contributed by atoms with E-state index in [1.54, 1.807) is 0 Å². The normalized spacial score (nSPS) is 15.0. The van der Waals surface area contributed by atoms with Crippen molar-refractivity contribution in [3.05, 3.63) is 6.92 Å². The van der Waals surface area contributed by atoms with Crippen molar-refractivity contribution in [2.75, 3.05) is 0 Å². The van der Waals surface area contributed by atoms with Gasteiger partial charge in [-0.1, -0.05) is 6.92 Å². The largest absolute Gasteiger partial charge is 0.368 e. The summed E-state index contributed by atoms with van der Waals surface area (Å²) in [5.74, 6) is -0.236. The average Bonchev–Trinajstić information content (AvgIpc) is 1.65. The Morgan fingerprint density at radius 1 is 1.57 bits per heavy atom. The van der Waals surface area contributed by atoms with Gasteiger partial charge in [0.25, 0.3) is 0 Å². The number of aliphatic hydroxyl groups is 2. The smallest absolute Gasteiger partial charge is 0.154 e. The van der Waals surface area contributed by atoms with Crippen molar-refractivity contribution in [3.8, 4) is 0 Å². The van der Waals surface area contributed by atoms with Gasteiger partial charge in [-0.3, -0.25) is 0 Å². The number of rotatable bonds is 2. The lowest BCUT2D eigenvalue weighted by Crippen LogP contribution is -2.15. The molecule has 0 saturated heterocycles. The van der Waals surface area contributed by atoms with Crippen molar-refractivity contribution >= 4 is 0 Å². The molecule has 1 unspecified atom stereocenters. The van der Waals surface area contributed by atoms with Crippen LogP contribution >= 0.6 is 0 Å². The van der Waals surface area contributed by atoms with E-state index in [-0.39, 0.29) is 5.92 Å². The molecule has 0 aliphatic carbocycles. The molecule has 0 aromatic heterocycles. The van der Waals surface area contributed by atoms with E-state index < -0.39 is 6.29 Å². The van der Waals surface area contributed by atoms with Crippen LogP contribution in [0.1, 0.15) is 13.3 Å². The van der Waals surface area contributed by atoms with Crippen molar-refractivity contribution in [2.24, 2.45) is 5.92 Å². The van der Waals surface area contributed by atoms with Crippen LogP contribution < -0.4 is 0 Å². The molecule has 0 aliphatic heterocycles. The van der Waals surface area contributed by atoms with Crippen LogP contribution in [0.4, 0.5) is 0 Å². The van der Waals surface area contributed by atoms with Crippen LogP contribution in [-0.2, 0) is 0 Å². The molecule has 2 nitrogen and oxygen atoms in total. The maximum atomic E-state index is 8.31. The summed E-state index contributed by atoms with van der Waals surface area (Å²) >= 11 is 0. The summed E-state index contributed by atoms with van der Waals surface area (Å²) in [7, 11) is 0. The number of aliphatic hydroxyl groups excluding tert-OH is 1. The van der Waals surface area contributed by atoms with E-state index in [4.69, 9.17) is 10.2 Å². The summed E-state index contributed by atoms with van der Waals surface area (Å²) in [4.78, 5) is 0. The van der Waals surface area contributed by atoms with Crippen LogP contribution in [0.15, 0.2) is 0 Å². The topological polar surface area (TPSA) is 40.5 Å². The summed E-state index contributed by atoms with van der Waals surface area (Å²) in [5, 5.41) is 16.6. The van der Waals surface area contributed by atoms with Crippen molar-refractivity contribution in [2.45, 2.75) is 19.6 Å². The van der Waals surface area contributed by atoms with E-state index in [1.165, 1.54) is 0 Å². The van der Waals surface area contributed by atoms with Crippen LogP contribution in [-0.4, -0.2) is 16.5 Å². The monoisotopic (exact) mass is 103 g/mol. The second-order valence-corrected chi connectivity index (χ2v) is 1.58. The molecule has 2 heteroatoms. The summed E-state index contributed by atoms with van der Waals surface area (Å²) < 4.78 is 0. The molecule has 1 radical (unpaired) electrons. The van der Waals surface area contributed by atoms with Gasteiger partial charge in [-0.15, -0.1) is 0 Å². The molecule has 0 saturated carbocycles. The predicted molar refractivity (Wildman–Crippen MR) is 27.4 cm³/mol. The lowest BCUT2D eigenvalue weighted by Gasteiger charge is -2.08. The summed E-state index contributed by atoms with van der Waals surface area (Å²) in [6, 6.07) is 0. The van der Waals surface area contributed by atoms with Crippen LogP contribution in [0.25, 0.3) is 0 Å². The first kappa shape index (κ1) is 6.92. The van der Waals surface area contributed by atoms with Gasteiger partial charge in [-0.25, -0.2) is 0 Å². The fraction of sp³-hybridized carbons (Fsp3) is 0.800. The van der Waals surface area contributed by atoms with Crippen LogP contribution in [0.5, 0.6) is 0 Å². The van der Waals surface area contributed by atoms with Gasteiger partial charge >= 0.3 is 0 Å². The fourth-order valence-corrected chi connectivity index (χ4v) is 0.211. The zero-order valence-electron chi connectivity index (χ0n) is 4.46. The molecule has 0 fully saturated rings. The van der Waals surface area contributed by atoms with Crippen molar-refractivity contribution in [1.82, 2.24) is 0 Å². The first-order valence-corrected chi connectivity index (χ1v) is 2.37. The molecular weight excluding hydrogens is 92.1 g/mol. The number of hydrogen-bond donors (Lipinski definition) is 2. The molecule has 0 aromatic carbocycles. The maximum absolute atomic E-state index is 8.31. The third-order valence-electron chi connectivity index (χ3n) is 0.946. The van der Waals surface area contributed by atoms with Crippen molar-refractivity contribution in [3.63, 3.8) is 0 Å². The molecule has 0 aliphatic rings. The van der Waals surface area contributed by atoms with Crippen LogP contribution in [0, 0.1) is 12.8 Å². The second-order valence-electron chi connectivity index (χ2n) is 1.58. The van der Waals surface area contributed by atoms with E-state index in [2.05, 4.69) is 6.92 Å². The van der Waals surface area contributed by atoms with Gasteiger partial charge < -0.3 is 10.2 Å². The van der Waals surface area contributed by atoms with Gasteiger partial charge in [0.15, 0.2) is 6.29 Å². The number of hydrogen-bond acceptors (Lipinski definition) is 2. The maximum Gasteiger partial charge on any atom is 0.154 e. The van der Waals surface area contributed by atoms with Crippen molar-refractivity contribution < 1.29 is 10.2 Å². The molecule has 2 N–H and O–H groups in total. The highest BCUT2D eigenvalue weighted by Crippen LogP contribution is 2.01. The molecule has 43 valence electrons. The molecule has 0 amide bonds. The lowest BCUT2D eigenvalue weighted by molar-refractivity contribution is -0.0715. The summed E-state index contributed by atoms with van der Waals surface area (Å²) in [6.07, 6.45) is -0.539. The molecule has 0 rings (SSSR count). The lowest BCUT2D eigenvalue weighted by atomic mass is 10.1. The molecule has 7 heavy (non-hydrogen) atoms. The minimum atomic E-state index is -1.25. The molecule has 0 heterocycles. The van der Waals surface area contributed by atoms with Gasteiger partial charge in [0.05, 0.1) is 0 Å². The Bertz CT molecular complexity index is 43.3. The van der Waals surface area contributed by atoms with Gasteiger partial charge in [-0.05, 0) is 13.3 Å². The first-order chi connectivity index (χ1) is 3.18. The van der Waals surface area contributed by atoms with E-state index in [0.29, 0.717) is 6.42 Å². The third kappa shape index (κ3) is 2.60. The van der Waals surface area contributed by atoms with Crippen LogP contribution in [0.2, 0.25) is 0 Å². The summed E-state index contributed by atoms with van der Waals surface area (Å²) in [6.45, 7) is 5.31. The predicted octanol–water partition coefficient (Wildman–Crippen LogP) is 0.157. The molecule has 0 bridgehead atoms. The zero-order chi connectivity index (χ0) is 5.86. The van der Waals surface area contributed by atoms with Gasteiger partial charge in [-0.2, -0.15) is 0 Å². The van der Waals surface area contributed by atoms with Crippen molar-refractivity contribution in [1.29, 1.82) is 0 Å². The van der Waals surface area contributed by atoms with E-state index in [1.807, 2.05) is 6.92 Å². The summed E-state index contributed by atoms with van der Waals surface area (Å²) in [5.41, 5.74) is 0. The Morgan fingerprint density at radius 2 is 2.00 bits per heavy atom. The highest BCUT2D eigenvalue weighted by atomic mass is 16.5. The molecule has 1 atom stereocenters. The molecule has 0 aromatic rings. The Balaban J connectivity index is 3.14. The quantitative estimate of drug-likeness (QED) is 0.489. The van der Waals surface area contributed by atoms with Gasteiger partial charge in [0.2, 0.25) is 0 Å².